The van der Waals surface area contributed by atoms with E-state index in [9.17, 15) is 4.79 Å². The number of anilines is 1. The monoisotopic (exact) mass is 390 g/mol. The molecular formula is C18H32Cl2N4O. The van der Waals surface area contributed by atoms with Crippen molar-refractivity contribution in [1.29, 1.82) is 0 Å². The highest BCUT2D eigenvalue weighted by atomic mass is 35.5. The molecule has 1 saturated heterocycles. The third-order valence-corrected chi connectivity index (χ3v) is 4.67. The molecule has 25 heavy (non-hydrogen) atoms. The summed E-state index contributed by atoms with van der Waals surface area (Å²) in [6.07, 6.45) is 6.20. The number of hydrogen-bond donors (Lipinski definition) is 1. The largest absolute Gasteiger partial charge is 0.356 e. The molecular weight excluding hydrogens is 359 g/mol. The van der Waals surface area contributed by atoms with Crippen LogP contribution in [-0.2, 0) is 0 Å². The summed E-state index contributed by atoms with van der Waals surface area (Å²) in [6.45, 7) is 6.87. The highest BCUT2D eigenvalue weighted by molar-refractivity contribution is 5.98. The Labute approximate surface area is 164 Å². The standard InChI is InChI=1S/C18H30N4O.2ClH/c1-14(2)16(19)9-13-21(3)18(23)15-8-7-10-20-17(15)22-11-5-4-6-12-22;;/h7-8,10,14,16H,4-6,9,11-13,19H2,1-3H3;2*1H. The quantitative estimate of drug-likeness (QED) is 0.808. The molecule has 0 saturated carbocycles. The number of rotatable bonds is 6. The van der Waals surface area contributed by atoms with E-state index < -0.39 is 0 Å². The Morgan fingerprint density at radius 1 is 1.28 bits per heavy atom. The summed E-state index contributed by atoms with van der Waals surface area (Å²) in [4.78, 5) is 21.3. The molecule has 1 aliphatic heterocycles. The number of hydrogen-bond acceptors (Lipinski definition) is 4. The highest BCUT2D eigenvalue weighted by Crippen LogP contribution is 2.22. The van der Waals surface area contributed by atoms with E-state index >= 15 is 0 Å². The molecule has 0 bridgehead atoms. The van der Waals surface area contributed by atoms with Crippen molar-refractivity contribution in [2.45, 2.75) is 45.6 Å². The zero-order valence-corrected chi connectivity index (χ0v) is 17.1. The van der Waals surface area contributed by atoms with Crippen molar-refractivity contribution in [3.8, 4) is 0 Å². The summed E-state index contributed by atoms with van der Waals surface area (Å²) in [6, 6.07) is 3.85. The minimum absolute atomic E-state index is 0. The van der Waals surface area contributed by atoms with Gasteiger partial charge in [0, 0.05) is 38.9 Å². The summed E-state index contributed by atoms with van der Waals surface area (Å²) < 4.78 is 0. The van der Waals surface area contributed by atoms with Gasteiger partial charge in [-0.2, -0.15) is 0 Å². The van der Waals surface area contributed by atoms with Crippen LogP contribution < -0.4 is 10.6 Å². The second-order valence-electron chi connectivity index (χ2n) is 6.85. The van der Waals surface area contributed by atoms with Crippen LogP contribution in [-0.4, -0.2) is 48.5 Å². The van der Waals surface area contributed by atoms with Crippen molar-refractivity contribution in [3.63, 3.8) is 0 Å². The number of piperidine rings is 1. The Hall–Kier alpha value is -1.04. The van der Waals surface area contributed by atoms with Gasteiger partial charge in [0.25, 0.3) is 5.91 Å². The Bertz CT molecular complexity index is 522. The first-order valence-electron chi connectivity index (χ1n) is 8.71. The van der Waals surface area contributed by atoms with Crippen molar-refractivity contribution in [2.24, 2.45) is 11.7 Å². The van der Waals surface area contributed by atoms with E-state index in [4.69, 9.17) is 5.73 Å². The SMILES string of the molecule is CC(C)C(N)CCN(C)C(=O)c1cccnc1N1CCCCC1.Cl.Cl. The topological polar surface area (TPSA) is 62.5 Å². The van der Waals surface area contributed by atoms with Crippen molar-refractivity contribution < 1.29 is 4.79 Å². The molecule has 144 valence electrons. The number of carbonyl (C=O) groups is 1. The minimum Gasteiger partial charge on any atom is -0.356 e. The van der Waals surface area contributed by atoms with E-state index in [0.717, 1.165) is 25.3 Å². The van der Waals surface area contributed by atoms with E-state index in [1.54, 1.807) is 11.1 Å². The molecule has 0 radical (unpaired) electrons. The van der Waals surface area contributed by atoms with Crippen molar-refractivity contribution in [2.75, 3.05) is 31.6 Å². The lowest BCUT2D eigenvalue weighted by atomic mass is 10.0. The van der Waals surface area contributed by atoms with Crippen molar-refractivity contribution in [3.05, 3.63) is 23.9 Å². The summed E-state index contributed by atoms with van der Waals surface area (Å²) in [7, 11) is 1.85. The fourth-order valence-corrected chi connectivity index (χ4v) is 2.90. The molecule has 1 atom stereocenters. The molecule has 1 unspecified atom stereocenters. The van der Waals surface area contributed by atoms with Gasteiger partial charge in [-0.15, -0.1) is 24.8 Å². The number of aromatic nitrogens is 1. The Kier molecular flexibility index (Phi) is 11.1. The molecule has 1 amide bonds. The zero-order valence-electron chi connectivity index (χ0n) is 15.5. The first kappa shape index (κ1) is 24.0. The van der Waals surface area contributed by atoms with Crippen LogP contribution in [0.2, 0.25) is 0 Å². The van der Waals surface area contributed by atoms with Gasteiger partial charge >= 0.3 is 0 Å². The molecule has 0 spiro atoms. The number of nitrogens with zero attached hydrogens (tertiary/aromatic N) is 3. The molecule has 2 N–H and O–H groups in total. The van der Waals surface area contributed by atoms with Crippen molar-refractivity contribution in [1.82, 2.24) is 9.88 Å². The van der Waals surface area contributed by atoms with Crippen LogP contribution in [0.3, 0.4) is 0 Å². The summed E-state index contributed by atoms with van der Waals surface area (Å²) in [5.74, 6) is 1.30. The van der Waals surface area contributed by atoms with E-state index in [1.807, 2.05) is 19.2 Å². The molecule has 1 aromatic heterocycles. The van der Waals surface area contributed by atoms with Gasteiger partial charge in [-0.3, -0.25) is 4.79 Å². The van der Waals surface area contributed by atoms with E-state index in [-0.39, 0.29) is 36.8 Å². The molecule has 0 aromatic carbocycles. The number of nitrogens with two attached hydrogens (primary N) is 1. The van der Waals surface area contributed by atoms with E-state index in [1.165, 1.54) is 19.3 Å². The molecule has 2 rings (SSSR count). The minimum atomic E-state index is 0. The summed E-state index contributed by atoms with van der Waals surface area (Å²) in [5, 5.41) is 0. The van der Waals surface area contributed by atoms with Gasteiger partial charge in [0.15, 0.2) is 0 Å². The lowest BCUT2D eigenvalue weighted by molar-refractivity contribution is 0.0789. The van der Waals surface area contributed by atoms with Gasteiger partial charge in [-0.1, -0.05) is 13.8 Å². The molecule has 1 aromatic rings. The lowest BCUT2D eigenvalue weighted by Crippen LogP contribution is -2.36. The molecule has 7 heteroatoms. The van der Waals surface area contributed by atoms with E-state index in [2.05, 4.69) is 23.7 Å². The smallest absolute Gasteiger partial charge is 0.257 e. The Balaban J connectivity index is 0.00000288. The van der Waals surface area contributed by atoms with Crippen LogP contribution in [0, 0.1) is 5.92 Å². The third-order valence-electron chi connectivity index (χ3n) is 4.67. The van der Waals surface area contributed by atoms with Crippen LogP contribution in [0.5, 0.6) is 0 Å². The van der Waals surface area contributed by atoms with Crippen LogP contribution in [0.25, 0.3) is 0 Å². The summed E-state index contributed by atoms with van der Waals surface area (Å²) >= 11 is 0. The average Bonchev–Trinajstić information content (AvgIpc) is 2.59. The maximum absolute atomic E-state index is 12.8. The highest BCUT2D eigenvalue weighted by Gasteiger charge is 2.22. The fourth-order valence-electron chi connectivity index (χ4n) is 2.90. The molecule has 1 aliphatic rings. The number of carbonyl (C=O) groups excluding carboxylic acids is 1. The predicted molar refractivity (Wildman–Crippen MR) is 109 cm³/mol. The predicted octanol–water partition coefficient (Wildman–Crippen LogP) is 3.36. The number of pyridine rings is 1. The second kappa shape index (κ2) is 11.6. The first-order valence-corrected chi connectivity index (χ1v) is 8.71. The molecule has 5 nitrogen and oxygen atoms in total. The van der Waals surface area contributed by atoms with Crippen LogP contribution in [0.4, 0.5) is 5.82 Å². The maximum atomic E-state index is 12.8. The normalized spacial score (nSPS) is 15.2. The third kappa shape index (κ3) is 6.65. The second-order valence-corrected chi connectivity index (χ2v) is 6.85. The maximum Gasteiger partial charge on any atom is 0.257 e. The molecule has 0 aliphatic carbocycles. The van der Waals surface area contributed by atoms with Gasteiger partial charge in [0.05, 0.1) is 5.56 Å². The Morgan fingerprint density at radius 2 is 1.92 bits per heavy atom. The summed E-state index contributed by atoms with van der Waals surface area (Å²) in [5.41, 5.74) is 6.80. The number of amides is 1. The Morgan fingerprint density at radius 3 is 2.52 bits per heavy atom. The first-order chi connectivity index (χ1) is 11.0. The van der Waals surface area contributed by atoms with Crippen LogP contribution in [0.1, 0.15) is 49.9 Å². The van der Waals surface area contributed by atoms with Crippen molar-refractivity contribution >= 4 is 36.5 Å². The van der Waals surface area contributed by atoms with E-state index in [0.29, 0.717) is 18.0 Å². The van der Waals surface area contributed by atoms with Crippen LogP contribution in [0.15, 0.2) is 18.3 Å². The van der Waals surface area contributed by atoms with Gasteiger partial charge in [0.1, 0.15) is 5.82 Å². The van der Waals surface area contributed by atoms with Gasteiger partial charge in [-0.05, 0) is 43.7 Å². The average molecular weight is 391 g/mol. The fraction of sp³-hybridized carbons (Fsp3) is 0.667. The van der Waals surface area contributed by atoms with Gasteiger partial charge in [-0.25, -0.2) is 4.98 Å². The zero-order chi connectivity index (χ0) is 16.8. The van der Waals surface area contributed by atoms with Crippen LogP contribution >= 0.6 is 24.8 Å². The molecule has 1 fully saturated rings. The molecule has 2 heterocycles. The van der Waals surface area contributed by atoms with Gasteiger partial charge < -0.3 is 15.5 Å². The van der Waals surface area contributed by atoms with Gasteiger partial charge in [0.2, 0.25) is 0 Å². The number of halogens is 2. The lowest BCUT2D eigenvalue weighted by Gasteiger charge is -2.30.